The molecule has 1 aromatic carbocycles. The SMILES string of the molecule is CNC(=O)c1c(NC(=O)c2cc(C)ccc2C)sc2c1CCC(C)C2. The van der Waals surface area contributed by atoms with Gasteiger partial charge in [-0.05, 0) is 56.2 Å². The summed E-state index contributed by atoms with van der Waals surface area (Å²) < 4.78 is 0. The normalized spacial score (nSPS) is 16.2. The Hall–Kier alpha value is -2.14. The first kappa shape index (κ1) is 17.7. The summed E-state index contributed by atoms with van der Waals surface area (Å²) in [5.41, 5.74) is 4.38. The van der Waals surface area contributed by atoms with Gasteiger partial charge >= 0.3 is 0 Å². The van der Waals surface area contributed by atoms with E-state index in [1.165, 1.54) is 4.88 Å². The largest absolute Gasteiger partial charge is 0.355 e. The molecule has 2 amide bonds. The van der Waals surface area contributed by atoms with Gasteiger partial charge in [-0.25, -0.2) is 0 Å². The van der Waals surface area contributed by atoms with Crippen molar-refractivity contribution in [2.45, 2.75) is 40.0 Å². The smallest absolute Gasteiger partial charge is 0.256 e. The topological polar surface area (TPSA) is 58.2 Å². The Morgan fingerprint density at radius 2 is 1.96 bits per heavy atom. The maximum absolute atomic E-state index is 12.8. The molecule has 0 spiro atoms. The first-order chi connectivity index (χ1) is 11.9. The van der Waals surface area contributed by atoms with Gasteiger partial charge in [0.25, 0.3) is 11.8 Å². The zero-order valence-corrected chi connectivity index (χ0v) is 16.0. The molecular weight excluding hydrogens is 332 g/mol. The van der Waals surface area contributed by atoms with E-state index >= 15 is 0 Å². The second-order valence-electron chi connectivity index (χ2n) is 6.91. The number of carbonyl (C=O) groups excluding carboxylic acids is 2. The molecule has 132 valence electrons. The highest BCUT2D eigenvalue weighted by Crippen LogP contribution is 2.39. The first-order valence-electron chi connectivity index (χ1n) is 8.66. The fraction of sp³-hybridized carbons (Fsp3) is 0.400. The summed E-state index contributed by atoms with van der Waals surface area (Å²) in [4.78, 5) is 26.5. The van der Waals surface area contributed by atoms with Gasteiger partial charge in [-0.1, -0.05) is 24.6 Å². The quantitative estimate of drug-likeness (QED) is 0.870. The zero-order valence-electron chi connectivity index (χ0n) is 15.2. The minimum Gasteiger partial charge on any atom is -0.355 e. The van der Waals surface area contributed by atoms with Crippen LogP contribution in [0, 0.1) is 19.8 Å². The number of anilines is 1. The van der Waals surface area contributed by atoms with Crippen molar-refractivity contribution in [1.82, 2.24) is 5.32 Å². The van der Waals surface area contributed by atoms with Crippen molar-refractivity contribution in [1.29, 1.82) is 0 Å². The van der Waals surface area contributed by atoms with Crippen LogP contribution in [0.25, 0.3) is 0 Å². The molecule has 0 fully saturated rings. The van der Waals surface area contributed by atoms with Gasteiger partial charge in [0, 0.05) is 17.5 Å². The standard InChI is InChI=1S/C20H24N2O2S/c1-11-5-7-13(3)15(9-11)18(23)22-20-17(19(24)21-4)14-8-6-12(2)10-16(14)25-20/h5,7,9,12H,6,8,10H2,1-4H3,(H,21,24)(H,22,23). The molecule has 0 bridgehead atoms. The molecule has 5 heteroatoms. The molecule has 1 aliphatic rings. The van der Waals surface area contributed by atoms with E-state index < -0.39 is 0 Å². The van der Waals surface area contributed by atoms with Gasteiger partial charge in [0.05, 0.1) is 5.56 Å². The molecule has 3 rings (SSSR count). The number of amides is 2. The van der Waals surface area contributed by atoms with E-state index in [0.717, 1.165) is 36.0 Å². The number of hydrogen-bond acceptors (Lipinski definition) is 3. The third kappa shape index (κ3) is 3.47. The van der Waals surface area contributed by atoms with E-state index in [1.807, 2.05) is 32.0 Å². The van der Waals surface area contributed by atoms with Gasteiger partial charge in [0.1, 0.15) is 5.00 Å². The van der Waals surface area contributed by atoms with E-state index in [-0.39, 0.29) is 11.8 Å². The minimum absolute atomic E-state index is 0.122. The Morgan fingerprint density at radius 1 is 1.20 bits per heavy atom. The molecule has 1 heterocycles. The van der Waals surface area contributed by atoms with Crippen LogP contribution in [0.5, 0.6) is 0 Å². The number of benzene rings is 1. The van der Waals surface area contributed by atoms with Crippen molar-refractivity contribution >= 4 is 28.2 Å². The van der Waals surface area contributed by atoms with Crippen molar-refractivity contribution in [3.8, 4) is 0 Å². The van der Waals surface area contributed by atoms with Crippen LogP contribution < -0.4 is 10.6 Å². The average molecular weight is 356 g/mol. The molecule has 0 aliphatic heterocycles. The van der Waals surface area contributed by atoms with Crippen LogP contribution in [0.3, 0.4) is 0 Å². The van der Waals surface area contributed by atoms with Crippen LogP contribution >= 0.6 is 11.3 Å². The second-order valence-corrected chi connectivity index (χ2v) is 8.01. The lowest BCUT2D eigenvalue weighted by atomic mass is 9.88. The molecule has 25 heavy (non-hydrogen) atoms. The monoisotopic (exact) mass is 356 g/mol. The Labute approximate surface area is 152 Å². The molecule has 1 aromatic heterocycles. The summed E-state index contributed by atoms with van der Waals surface area (Å²) in [5.74, 6) is 0.340. The summed E-state index contributed by atoms with van der Waals surface area (Å²) in [6.45, 7) is 6.13. The summed E-state index contributed by atoms with van der Waals surface area (Å²) in [5, 5.41) is 6.39. The Morgan fingerprint density at radius 3 is 2.68 bits per heavy atom. The van der Waals surface area contributed by atoms with Crippen LogP contribution in [0.15, 0.2) is 18.2 Å². The lowest BCUT2D eigenvalue weighted by Gasteiger charge is -2.18. The van der Waals surface area contributed by atoms with Gasteiger partial charge in [-0.3, -0.25) is 9.59 Å². The number of nitrogens with one attached hydrogen (secondary N) is 2. The number of hydrogen-bond donors (Lipinski definition) is 2. The summed E-state index contributed by atoms with van der Waals surface area (Å²) in [6.07, 6.45) is 2.95. The van der Waals surface area contributed by atoms with Crippen molar-refractivity contribution in [2.24, 2.45) is 5.92 Å². The summed E-state index contributed by atoms with van der Waals surface area (Å²) >= 11 is 1.55. The molecule has 0 saturated carbocycles. The zero-order chi connectivity index (χ0) is 18.1. The molecule has 0 saturated heterocycles. The van der Waals surface area contributed by atoms with E-state index in [1.54, 1.807) is 18.4 Å². The second kappa shape index (κ2) is 7.00. The van der Waals surface area contributed by atoms with Gasteiger partial charge < -0.3 is 10.6 Å². The lowest BCUT2D eigenvalue weighted by molar-refractivity contribution is 0.0963. The van der Waals surface area contributed by atoms with E-state index in [4.69, 9.17) is 0 Å². The fourth-order valence-electron chi connectivity index (χ4n) is 3.35. The highest BCUT2D eigenvalue weighted by atomic mass is 32.1. The van der Waals surface area contributed by atoms with Crippen LogP contribution in [-0.2, 0) is 12.8 Å². The Bertz CT molecular complexity index is 838. The molecule has 1 atom stereocenters. The van der Waals surface area contributed by atoms with Gasteiger partial charge in [-0.2, -0.15) is 0 Å². The highest BCUT2D eigenvalue weighted by Gasteiger charge is 2.28. The highest BCUT2D eigenvalue weighted by molar-refractivity contribution is 7.17. The maximum atomic E-state index is 12.8. The molecular formula is C20H24N2O2S. The van der Waals surface area contributed by atoms with E-state index in [0.29, 0.717) is 22.0 Å². The Balaban J connectivity index is 1.98. The molecule has 1 unspecified atom stereocenters. The summed E-state index contributed by atoms with van der Waals surface area (Å²) in [7, 11) is 1.63. The summed E-state index contributed by atoms with van der Waals surface area (Å²) in [6, 6.07) is 5.83. The number of rotatable bonds is 3. The fourth-order valence-corrected chi connectivity index (χ4v) is 4.76. The predicted molar refractivity (Wildman–Crippen MR) is 103 cm³/mol. The molecule has 2 aromatic rings. The van der Waals surface area contributed by atoms with Gasteiger partial charge in [0.15, 0.2) is 0 Å². The first-order valence-corrected chi connectivity index (χ1v) is 9.47. The third-order valence-electron chi connectivity index (χ3n) is 4.83. The van der Waals surface area contributed by atoms with Crippen LogP contribution in [0.1, 0.15) is 55.6 Å². The van der Waals surface area contributed by atoms with Crippen LogP contribution in [-0.4, -0.2) is 18.9 Å². The number of thiophene rings is 1. The average Bonchev–Trinajstić information content (AvgIpc) is 2.93. The van der Waals surface area contributed by atoms with Crippen molar-refractivity contribution in [2.75, 3.05) is 12.4 Å². The predicted octanol–water partition coefficient (Wildman–Crippen LogP) is 4.10. The van der Waals surface area contributed by atoms with Crippen molar-refractivity contribution in [3.05, 3.63) is 50.9 Å². The minimum atomic E-state index is -0.155. The van der Waals surface area contributed by atoms with Crippen LogP contribution in [0.2, 0.25) is 0 Å². The van der Waals surface area contributed by atoms with Crippen molar-refractivity contribution in [3.63, 3.8) is 0 Å². The molecule has 2 N–H and O–H groups in total. The van der Waals surface area contributed by atoms with E-state index in [9.17, 15) is 9.59 Å². The molecule has 4 nitrogen and oxygen atoms in total. The molecule has 0 radical (unpaired) electrons. The third-order valence-corrected chi connectivity index (χ3v) is 6.00. The van der Waals surface area contributed by atoms with Crippen LogP contribution in [0.4, 0.5) is 5.00 Å². The number of carbonyl (C=O) groups is 2. The number of fused-ring (bicyclic) bond motifs is 1. The van der Waals surface area contributed by atoms with Crippen molar-refractivity contribution < 1.29 is 9.59 Å². The number of aryl methyl sites for hydroxylation is 2. The maximum Gasteiger partial charge on any atom is 0.256 e. The lowest BCUT2D eigenvalue weighted by Crippen LogP contribution is -2.23. The molecule has 1 aliphatic carbocycles. The van der Waals surface area contributed by atoms with E-state index in [2.05, 4.69) is 17.6 Å². The van der Waals surface area contributed by atoms with Gasteiger partial charge in [0.2, 0.25) is 0 Å². The van der Waals surface area contributed by atoms with Gasteiger partial charge in [-0.15, -0.1) is 11.3 Å². The Kier molecular flexibility index (Phi) is 4.95.